The molecule has 78 valence electrons. The van der Waals surface area contributed by atoms with E-state index in [4.69, 9.17) is 0 Å². The van der Waals surface area contributed by atoms with Gasteiger partial charge in [-0.1, -0.05) is 0 Å². The molecule has 2 nitrogen and oxygen atoms in total. The molecule has 1 aromatic heterocycles. The van der Waals surface area contributed by atoms with Gasteiger partial charge in [-0.05, 0) is 19.4 Å². The third kappa shape index (κ3) is 2.27. The van der Waals surface area contributed by atoms with Crippen LogP contribution in [0.3, 0.4) is 0 Å². The summed E-state index contributed by atoms with van der Waals surface area (Å²) in [5, 5.41) is 5.60. The van der Waals surface area contributed by atoms with Crippen LogP contribution in [0.5, 0.6) is 0 Å². The summed E-state index contributed by atoms with van der Waals surface area (Å²) in [5.41, 5.74) is -0.0806. The average molecular weight is 218 g/mol. The molecule has 1 N–H and O–H groups in total. The molecule has 0 spiro atoms. The summed E-state index contributed by atoms with van der Waals surface area (Å²) in [4.78, 5) is 3.90. The van der Waals surface area contributed by atoms with Crippen molar-refractivity contribution in [2.45, 2.75) is 31.7 Å². The van der Waals surface area contributed by atoms with E-state index in [1.165, 1.54) is 23.1 Å². The lowest BCUT2D eigenvalue weighted by molar-refractivity contribution is 0.146. The van der Waals surface area contributed by atoms with Crippen molar-refractivity contribution in [1.29, 1.82) is 0 Å². The van der Waals surface area contributed by atoms with Gasteiger partial charge in [-0.2, -0.15) is 0 Å². The lowest BCUT2D eigenvalue weighted by atomic mass is 10.2. The zero-order chi connectivity index (χ0) is 9.97. The molecule has 2 rings (SSSR count). The van der Waals surface area contributed by atoms with Crippen molar-refractivity contribution < 1.29 is 8.78 Å². The van der Waals surface area contributed by atoms with E-state index in [2.05, 4.69) is 10.3 Å². The molecule has 0 saturated carbocycles. The van der Waals surface area contributed by atoms with Crippen LogP contribution in [0.2, 0.25) is 0 Å². The maximum Gasteiger partial charge on any atom is 0.281 e. The van der Waals surface area contributed by atoms with Crippen molar-refractivity contribution >= 4 is 11.3 Å². The van der Waals surface area contributed by atoms with Crippen molar-refractivity contribution in [2.24, 2.45) is 0 Å². The monoisotopic (exact) mass is 218 g/mol. The van der Waals surface area contributed by atoms with Crippen LogP contribution in [0.1, 0.15) is 30.0 Å². The maximum absolute atomic E-state index is 12.2. The second-order valence-electron chi connectivity index (χ2n) is 3.46. The van der Waals surface area contributed by atoms with Gasteiger partial charge in [0.2, 0.25) is 0 Å². The summed E-state index contributed by atoms with van der Waals surface area (Å²) >= 11 is 1.33. The van der Waals surface area contributed by atoms with Gasteiger partial charge in [0.05, 0.1) is 5.01 Å². The van der Waals surface area contributed by atoms with Crippen LogP contribution in [-0.4, -0.2) is 17.6 Å². The number of nitrogens with zero attached hydrogens (tertiary/aromatic N) is 1. The second kappa shape index (κ2) is 4.31. The topological polar surface area (TPSA) is 24.9 Å². The van der Waals surface area contributed by atoms with Crippen LogP contribution in [0.25, 0.3) is 0 Å². The van der Waals surface area contributed by atoms with Gasteiger partial charge in [0, 0.05) is 17.8 Å². The van der Waals surface area contributed by atoms with E-state index >= 15 is 0 Å². The lowest BCUT2D eigenvalue weighted by Crippen LogP contribution is -2.23. The summed E-state index contributed by atoms with van der Waals surface area (Å²) in [7, 11) is 0. The Bertz CT molecular complexity index is 295. The molecular weight excluding hydrogens is 206 g/mol. The molecule has 0 amide bonds. The van der Waals surface area contributed by atoms with Crippen molar-refractivity contribution in [2.75, 3.05) is 6.54 Å². The van der Waals surface area contributed by atoms with Gasteiger partial charge in [0.25, 0.3) is 6.43 Å². The number of nitrogens with one attached hydrogen (secondary N) is 1. The highest BCUT2D eigenvalue weighted by atomic mass is 32.1. The maximum atomic E-state index is 12.2. The molecule has 0 aliphatic carbocycles. The Morgan fingerprint density at radius 2 is 2.50 bits per heavy atom. The number of alkyl halides is 2. The van der Waals surface area contributed by atoms with Gasteiger partial charge in [-0.25, -0.2) is 13.8 Å². The summed E-state index contributed by atoms with van der Waals surface area (Å²) in [6.45, 7) is 1.04. The van der Waals surface area contributed by atoms with Crippen LogP contribution in [0.15, 0.2) is 5.38 Å². The van der Waals surface area contributed by atoms with Crippen LogP contribution in [0, 0.1) is 0 Å². The minimum absolute atomic E-state index is 0.0806. The third-order valence-electron chi connectivity index (χ3n) is 2.38. The fourth-order valence-electron chi connectivity index (χ4n) is 1.66. The molecule has 1 atom stereocenters. The first kappa shape index (κ1) is 9.98. The van der Waals surface area contributed by atoms with Crippen molar-refractivity contribution in [3.05, 3.63) is 16.1 Å². The van der Waals surface area contributed by atoms with E-state index in [0.717, 1.165) is 24.4 Å². The highest BCUT2D eigenvalue weighted by Gasteiger charge is 2.17. The van der Waals surface area contributed by atoms with Crippen molar-refractivity contribution in [1.82, 2.24) is 10.3 Å². The summed E-state index contributed by atoms with van der Waals surface area (Å²) in [6, 6.07) is 0.437. The average Bonchev–Trinajstić information content (AvgIpc) is 2.75. The van der Waals surface area contributed by atoms with Crippen LogP contribution >= 0.6 is 11.3 Å². The Balaban J connectivity index is 1.95. The van der Waals surface area contributed by atoms with E-state index in [1.807, 2.05) is 0 Å². The number of rotatable bonds is 3. The van der Waals surface area contributed by atoms with E-state index in [9.17, 15) is 8.78 Å². The molecule has 1 saturated heterocycles. The predicted octanol–water partition coefficient (Wildman–Crippen LogP) is 2.38. The quantitative estimate of drug-likeness (QED) is 0.842. The zero-order valence-electron chi connectivity index (χ0n) is 7.67. The Hall–Kier alpha value is -0.550. The van der Waals surface area contributed by atoms with E-state index < -0.39 is 6.43 Å². The first-order valence-electron chi connectivity index (χ1n) is 4.71. The van der Waals surface area contributed by atoms with Gasteiger partial charge >= 0.3 is 0 Å². The van der Waals surface area contributed by atoms with Crippen molar-refractivity contribution in [3.8, 4) is 0 Å². The van der Waals surface area contributed by atoms with Gasteiger partial charge in [-0.15, -0.1) is 11.3 Å². The molecule has 1 fully saturated rings. The normalized spacial score (nSPS) is 22.1. The van der Waals surface area contributed by atoms with E-state index in [0.29, 0.717) is 6.04 Å². The first-order chi connectivity index (χ1) is 6.75. The smallest absolute Gasteiger partial charge is 0.281 e. The van der Waals surface area contributed by atoms with Gasteiger partial charge in [-0.3, -0.25) is 0 Å². The van der Waals surface area contributed by atoms with Crippen LogP contribution in [0.4, 0.5) is 8.78 Å². The van der Waals surface area contributed by atoms with E-state index in [-0.39, 0.29) is 5.69 Å². The Morgan fingerprint density at radius 1 is 1.64 bits per heavy atom. The molecule has 2 heterocycles. The number of aromatic nitrogens is 1. The number of hydrogen-bond donors (Lipinski definition) is 1. The summed E-state index contributed by atoms with van der Waals surface area (Å²) in [6.07, 6.45) is 0.662. The summed E-state index contributed by atoms with van der Waals surface area (Å²) < 4.78 is 24.4. The molecular formula is C9H12F2N2S. The fourth-order valence-corrected chi connectivity index (χ4v) is 2.53. The zero-order valence-corrected chi connectivity index (χ0v) is 8.49. The molecule has 14 heavy (non-hydrogen) atoms. The number of halogens is 2. The number of thiazole rings is 1. The summed E-state index contributed by atoms with van der Waals surface area (Å²) in [5.74, 6) is 0. The first-order valence-corrected chi connectivity index (χ1v) is 5.59. The minimum atomic E-state index is -2.43. The highest BCUT2D eigenvalue weighted by Crippen LogP contribution is 2.22. The predicted molar refractivity (Wildman–Crippen MR) is 51.8 cm³/mol. The Morgan fingerprint density at radius 3 is 3.07 bits per heavy atom. The fraction of sp³-hybridized carbons (Fsp3) is 0.667. The molecule has 1 aliphatic rings. The Labute approximate surface area is 85.4 Å². The van der Waals surface area contributed by atoms with Gasteiger partial charge in [0.1, 0.15) is 5.69 Å². The SMILES string of the molecule is FC(F)c1csc(CC2CCCN2)n1. The van der Waals surface area contributed by atoms with E-state index in [1.54, 1.807) is 0 Å². The van der Waals surface area contributed by atoms with Gasteiger partial charge < -0.3 is 5.32 Å². The van der Waals surface area contributed by atoms with Crippen LogP contribution in [-0.2, 0) is 6.42 Å². The molecule has 0 aromatic carbocycles. The molecule has 1 unspecified atom stereocenters. The molecule has 0 bridgehead atoms. The molecule has 1 aliphatic heterocycles. The van der Waals surface area contributed by atoms with Gasteiger partial charge in [0.15, 0.2) is 0 Å². The highest BCUT2D eigenvalue weighted by molar-refractivity contribution is 7.09. The second-order valence-corrected chi connectivity index (χ2v) is 4.41. The Kier molecular flexibility index (Phi) is 3.08. The number of hydrogen-bond acceptors (Lipinski definition) is 3. The minimum Gasteiger partial charge on any atom is -0.314 e. The standard InChI is InChI=1S/C9H12F2N2S/c10-9(11)7-5-14-8(13-7)4-6-2-1-3-12-6/h5-6,9,12H,1-4H2. The van der Waals surface area contributed by atoms with Crippen LogP contribution < -0.4 is 5.32 Å². The molecule has 0 radical (unpaired) electrons. The molecule has 1 aromatic rings. The van der Waals surface area contributed by atoms with Crippen molar-refractivity contribution in [3.63, 3.8) is 0 Å². The lowest BCUT2D eigenvalue weighted by Gasteiger charge is -2.06. The largest absolute Gasteiger partial charge is 0.314 e. The molecule has 5 heteroatoms. The third-order valence-corrected chi connectivity index (χ3v) is 3.27.